The normalized spacial score (nSPS) is 12.3. The Balaban J connectivity index is 1.84. The first-order chi connectivity index (χ1) is 10.2. The van der Waals surface area contributed by atoms with Gasteiger partial charge in [-0.15, -0.1) is 0 Å². The maximum Gasteiger partial charge on any atom is 0.164 e. The van der Waals surface area contributed by atoms with E-state index in [1.54, 1.807) is 24.8 Å². The summed E-state index contributed by atoms with van der Waals surface area (Å²) in [5.74, 6) is 1.51. The second-order valence-electron chi connectivity index (χ2n) is 4.94. The van der Waals surface area contributed by atoms with E-state index in [1.807, 2.05) is 19.1 Å². The van der Waals surface area contributed by atoms with Crippen LogP contribution in [0.4, 0.5) is 5.82 Å². The van der Waals surface area contributed by atoms with E-state index < -0.39 is 0 Å². The highest BCUT2D eigenvalue weighted by molar-refractivity contribution is 5.86. The summed E-state index contributed by atoms with van der Waals surface area (Å²) in [4.78, 5) is 21.5. The molecule has 0 aliphatic carbocycles. The van der Waals surface area contributed by atoms with Gasteiger partial charge in [0.2, 0.25) is 0 Å². The molecule has 0 spiro atoms. The predicted octanol–water partition coefficient (Wildman–Crippen LogP) is 2.17. The van der Waals surface area contributed by atoms with E-state index in [9.17, 15) is 0 Å². The SMILES string of the molecule is Cc1nc(NC(C)Cc2cnccn2)c2cccnc2n1. The molecule has 0 saturated heterocycles. The number of aryl methyl sites for hydroxylation is 1. The van der Waals surface area contributed by atoms with E-state index in [-0.39, 0.29) is 6.04 Å². The minimum atomic E-state index is 0.180. The molecule has 106 valence electrons. The van der Waals surface area contributed by atoms with Crippen LogP contribution >= 0.6 is 0 Å². The molecule has 0 fully saturated rings. The molecule has 6 heteroatoms. The van der Waals surface area contributed by atoms with Crippen molar-refractivity contribution in [2.45, 2.75) is 26.3 Å². The number of rotatable bonds is 4. The second kappa shape index (κ2) is 5.78. The topological polar surface area (TPSA) is 76.5 Å². The Kier molecular flexibility index (Phi) is 3.68. The van der Waals surface area contributed by atoms with Crippen molar-refractivity contribution in [2.75, 3.05) is 5.32 Å². The Morgan fingerprint density at radius 3 is 2.86 bits per heavy atom. The van der Waals surface area contributed by atoms with Crippen LogP contribution in [0.25, 0.3) is 11.0 Å². The zero-order valence-corrected chi connectivity index (χ0v) is 12.0. The average molecular weight is 280 g/mol. The smallest absolute Gasteiger partial charge is 0.164 e. The summed E-state index contributed by atoms with van der Waals surface area (Å²) >= 11 is 0. The van der Waals surface area contributed by atoms with Crippen molar-refractivity contribution in [1.82, 2.24) is 24.9 Å². The van der Waals surface area contributed by atoms with Gasteiger partial charge in [-0.1, -0.05) is 0 Å². The summed E-state index contributed by atoms with van der Waals surface area (Å²) < 4.78 is 0. The van der Waals surface area contributed by atoms with Gasteiger partial charge in [0.05, 0.1) is 11.1 Å². The van der Waals surface area contributed by atoms with E-state index in [2.05, 4.69) is 37.2 Å². The highest BCUT2D eigenvalue weighted by Gasteiger charge is 2.10. The molecule has 6 nitrogen and oxygen atoms in total. The van der Waals surface area contributed by atoms with Crippen molar-refractivity contribution in [3.05, 3.63) is 48.4 Å². The minimum absolute atomic E-state index is 0.180. The Bertz CT molecular complexity index is 743. The number of aromatic nitrogens is 5. The number of fused-ring (bicyclic) bond motifs is 1. The average Bonchev–Trinajstić information content (AvgIpc) is 2.48. The van der Waals surface area contributed by atoms with Crippen molar-refractivity contribution in [3.8, 4) is 0 Å². The number of hydrogen-bond acceptors (Lipinski definition) is 6. The molecule has 3 rings (SSSR count). The molecule has 1 atom stereocenters. The summed E-state index contributed by atoms with van der Waals surface area (Å²) in [6.45, 7) is 3.96. The highest BCUT2D eigenvalue weighted by Crippen LogP contribution is 2.19. The number of anilines is 1. The lowest BCUT2D eigenvalue weighted by Gasteiger charge is -2.15. The van der Waals surface area contributed by atoms with Gasteiger partial charge in [0, 0.05) is 37.3 Å². The fraction of sp³-hybridized carbons (Fsp3) is 0.267. The minimum Gasteiger partial charge on any atom is -0.367 e. The molecule has 0 aliphatic heterocycles. The van der Waals surface area contributed by atoms with Gasteiger partial charge in [-0.25, -0.2) is 15.0 Å². The van der Waals surface area contributed by atoms with Gasteiger partial charge in [-0.2, -0.15) is 0 Å². The molecule has 1 unspecified atom stereocenters. The first-order valence-electron chi connectivity index (χ1n) is 6.83. The van der Waals surface area contributed by atoms with E-state index in [0.29, 0.717) is 11.5 Å². The van der Waals surface area contributed by atoms with E-state index >= 15 is 0 Å². The Hall–Kier alpha value is -2.63. The molecular weight excluding hydrogens is 264 g/mol. The molecule has 0 amide bonds. The number of hydrogen-bond donors (Lipinski definition) is 1. The van der Waals surface area contributed by atoms with E-state index in [1.165, 1.54) is 0 Å². The third-order valence-electron chi connectivity index (χ3n) is 3.10. The maximum atomic E-state index is 4.48. The largest absolute Gasteiger partial charge is 0.367 e. The zero-order chi connectivity index (χ0) is 14.7. The van der Waals surface area contributed by atoms with Crippen molar-refractivity contribution < 1.29 is 0 Å². The summed E-state index contributed by atoms with van der Waals surface area (Å²) in [5, 5.41) is 4.34. The van der Waals surface area contributed by atoms with E-state index in [0.717, 1.165) is 23.3 Å². The summed E-state index contributed by atoms with van der Waals surface area (Å²) in [7, 11) is 0. The van der Waals surface area contributed by atoms with Crippen molar-refractivity contribution in [1.29, 1.82) is 0 Å². The molecule has 0 radical (unpaired) electrons. The van der Waals surface area contributed by atoms with Crippen LogP contribution in [0.2, 0.25) is 0 Å². The lowest BCUT2D eigenvalue weighted by atomic mass is 10.2. The van der Waals surface area contributed by atoms with Crippen molar-refractivity contribution >= 4 is 16.9 Å². The monoisotopic (exact) mass is 280 g/mol. The summed E-state index contributed by atoms with van der Waals surface area (Å²) in [5.41, 5.74) is 1.66. The Morgan fingerprint density at radius 1 is 1.14 bits per heavy atom. The van der Waals surface area contributed by atoms with Crippen LogP contribution in [0.3, 0.4) is 0 Å². The molecule has 3 heterocycles. The summed E-state index contributed by atoms with van der Waals surface area (Å²) in [6.07, 6.45) is 7.67. The molecule has 0 aromatic carbocycles. The van der Waals surface area contributed by atoms with Gasteiger partial charge in [-0.3, -0.25) is 9.97 Å². The standard InChI is InChI=1S/C15H16N6/c1-10(8-12-9-16-6-7-17-12)19-15-13-4-3-5-18-14(13)20-11(2)21-15/h3-7,9-10H,8H2,1-2H3,(H,18,19,20,21). The lowest BCUT2D eigenvalue weighted by Crippen LogP contribution is -2.20. The van der Waals surface area contributed by atoms with Crippen LogP contribution in [0.1, 0.15) is 18.4 Å². The fourth-order valence-corrected chi connectivity index (χ4v) is 2.21. The quantitative estimate of drug-likeness (QED) is 0.789. The van der Waals surface area contributed by atoms with Crippen molar-refractivity contribution in [2.24, 2.45) is 0 Å². The van der Waals surface area contributed by atoms with Crippen LogP contribution in [0.5, 0.6) is 0 Å². The third-order valence-corrected chi connectivity index (χ3v) is 3.10. The van der Waals surface area contributed by atoms with Gasteiger partial charge < -0.3 is 5.32 Å². The molecule has 0 saturated carbocycles. The maximum absolute atomic E-state index is 4.48. The number of nitrogens with zero attached hydrogens (tertiary/aromatic N) is 5. The Labute approximate surface area is 122 Å². The molecule has 0 bridgehead atoms. The van der Waals surface area contributed by atoms with Gasteiger partial charge in [0.1, 0.15) is 11.6 Å². The zero-order valence-electron chi connectivity index (χ0n) is 12.0. The van der Waals surface area contributed by atoms with Crippen LogP contribution < -0.4 is 5.32 Å². The molecule has 0 aliphatic rings. The van der Waals surface area contributed by atoms with Gasteiger partial charge in [0.25, 0.3) is 0 Å². The highest BCUT2D eigenvalue weighted by atomic mass is 15.1. The first-order valence-corrected chi connectivity index (χ1v) is 6.83. The fourth-order valence-electron chi connectivity index (χ4n) is 2.21. The predicted molar refractivity (Wildman–Crippen MR) is 80.9 cm³/mol. The lowest BCUT2D eigenvalue weighted by molar-refractivity contribution is 0.760. The summed E-state index contributed by atoms with van der Waals surface area (Å²) in [6, 6.07) is 4.04. The third kappa shape index (κ3) is 3.10. The Morgan fingerprint density at radius 2 is 2.05 bits per heavy atom. The van der Waals surface area contributed by atoms with Crippen LogP contribution in [0.15, 0.2) is 36.9 Å². The molecule has 21 heavy (non-hydrogen) atoms. The van der Waals surface area contributed by atoms with Gasteiger partial charge >= 0.3 is 0 Å². The molecule has 3 aromatic heterocycles. The van der Waals surface area contributed by atoms with E-state index in [4.69, 9.17) is 0 Å². The van der Waals surface area contributed by atoms with Crippen LogP contribution in [-0.2, 0) is 6.42 Å². The molecule has 1 N–H and O–H groups in total. The van der Waals surface area contributed by atoms with Crippen molar-refractivity contribution in [3.63, 3.8) is 0 Å². The number of nitrogens with one attached hydrogen (secondary N) is 1. The molecule has 3 aromatic rings. The molecular formula is C15H16N6. The first kappa shape index (κ1) is 13.4. The van der Waals surface area contributed by atoms with Gasteiger partial charge in [-0.05, 0) is 26.0 Å². The number of pyridine rings is 1. The van der Waals surface area contributed by atoms with Crippen LogP contribution in [0, 0.1) is 6.92 Å². The van der Waals surface area contributed by atoms with Crippen LogP contribution in [-0.4, -0.2) is 31.0 Å². The second-order valence-corrected chi connectivity index (χ2v) is 4.94. The van der Waals surface area contributed by atoms with Gasteiger partial charge in [0.15, 0.2) is 5.65 Å².